The molecular formula is C22H20N2O4. The molecule has 0 fully saturated rings. The lowest BCUT2D eigenvalue weighted by molar-refractivity contribution is 0.0472. The number of hydrogen-bond acceptors (Lipinski definition) is 6. The molecule has 3 rings (SSSR count). The molecule has 0 radical (unpaired) electrons. The van der Waals surface area contributed by atoms with Crippen LogP contribution in [0.3, 0.4) is 0 Å². The molecule has 6 heteroatoms. The van der Waals surface area contributed by atoms with Crippen LogP contribution >= 0.6 is 0 Å². The first-order valence-corrected chi connectivity index (χ1v) is 9.03. The van der Waals surface area contributed by atoms with Gasteiger partial charge in [0, 0.05) is 11.1 Å². The van der Waals surface area contributed by atoms with E-state index in [-0.39, 0.29) is 24.5 Å². The van der Waals surface area contributed by atoms with Crippen LogP contribution in [0.5, 0.6) is 0 Å². The van der Waals surface area contributed by atoms with Crippen molar-refractivity contribution in [3.8, 4) is 22.4 Å². The molecule has 0 atom stereocenters. The van der Waals surface area contributed by atoms with Gasteiger partial charge in [0.1, 0.15) is 11.3 Å². The third kappa shape index (κ3) is 3.91. The Kier molecular flexibility index (Phi) is 6.11. The first kappa shape index (κ1) is 19.2. The number of ether oxygens (including phenoxy) is 2. The van der Waals surface area contributed by atoms with Gasteiger partial charge in [-0.2, -0.15) is 0 Å². The van der Waals surface area contributed by atoms with Crippen LogP contribution in [0.4, 0.5) is 0 Å². The average Bonchev–Trinajstić information content (AvgIpc) is 2.74. The summed E-state index contributed by atoms with van der Waals surface area (Å²) in [6, 6.07) is 18.6. The summed E-state index contributed by atoms with van der Waals surface area (Å²) in [5.41, 5.74) is 2.38. The van der Waals surface area contributed by atoms with Gasteiger partial charge in [0.25, 0.3) is 0 Å². The minimum absolute atomic E-state index is 0.0559. The maximum absolute atomic E-state index is 12.9. The number of esters is 2. The molecule has 0 bridgehead atoms. The van der Waals surface area contributed by atoms with Gasteiger partial charge in [-0.25, -0.2) is 9.59 Å². The second-order valence-electron chi connectivity index (χ2n) is 5.82. The summed E-state index contributed by atoms with van der Waals surface area (Å²) in [6.45, 7) is 3.71. The number of nitrogens with zero attached hydrogens (tertiary/aromatic N) is 2. The number of carbonyl (C=O) groups is 2. The van der Waals surface area contributed by atoms with Gasteiger partial charge < -0.3 is 9.47 Å². The fourth-order valence-corrected chi connectivity index (χ4v) is 2.87. The van der Waals surface area contributed by atoms with E-state index in [4.69, 9.17) is 9.47 Å². The van der Waals surface area contributed by atoms with Crippen LogP contribution in [0, 0.1) is 0 Å². The third-order valence-corrected chi connectivity index (χ3v) is 4.03. The summed E-state index contributed by atoms with van der Waals surface area (Å²) in [5.74, 6) is -1.36. The monoisotopic (exact) mass is 376 g/mol. The van der Waals surface area contributed by atoms with E-state index in [1.165, 1.54) is 0 Å². The van der Waals surface area contributed by atoms with Crippen molar-refractivity contribution in [1.29, 1.82) is 0 Å². The van der Waals surface area contributed by atoms with E-state index in [0.717, 1.165) is 11.1 Å². The van der Waals surface area contributed by atoms with Crippen LogP contribution in [-0.4, -0.2) is 35.3 Å². The molecule has 2 aromatic carbocycles. The molecule has 0 aliphatic rings. The highest BCUT2D eigenvalue weighted by atomic mass is 16.5. The smallest absolute Gasteiger partial charge is 0.359 e. The maximum atomic E-state index is 12.9. The molecule has 0 aliphatic heterocycles. The average molecular weight is 376 g/mol. The zero-order chi connectivity index (χ0) is 19.9. The third-order valence-electron chi connectivity index (χ3n) is 4.03. The lowest BCUT2D eigenvalue weighted by Gasteiger charge is -2.16. The molecular weight excluding hydrogens is 356 g/mol. The Labute approximate surface area is 163 Å². The van der Waals surface area contributed by atoms with Gasteiger partial charge in [-0.05, 0) is 19.4 Å². The zero-order valence-electron chi connectivity index (χ0n) is 15.7. The molecule has 142 valence electrons. The molecule has 0 amide bonds. The lowest BCUT2D eigenvalue weighted by atomic mass is 9.94. The van der Waals surface area contributed by atoms with Crippen molar-refractivity contribution in [2.75, 3.05) is 13.2 Å². The largest absolute Gasteiger partial charge is 0.462 e. The summed E-state index contributed by atoms with van der Waals surface area (Å²) in [7, 11) is 0. The zero-order valence-corrected chi connectivity index (χ0v) is 15.7. The van der Waals surface area contributed by atoms with Gasteiger partial charge in [0.15, 0.2) is 5.69 Å². The van der Waals surface area contributed by atoms with Crippen molar-refractivity contribution >= 4 is 11.9 Å². The Morgan fingerprint density at radius 2 is 1.29 bits per heavy atom. The molecule has 3 aromatic rings. The second-order valence-corrected chi connectivity index (χ2v) is 5.82. The summed E-state index contributed by atoms with van der Waals surface area (Å²) in [6.07, 6.45) is 0. The van der Waals surface area contributed by atoms with Gasteiger partial charge in [0.2, 0.25) is 0 Å². The molecule has 0 N–H and O–H groups in total. The van der Waals surface area contributed by atoms with Gasteiger partial charge in [0.05, 0.1) is 13.2 Å². The highest BCUT2D eigenvalue weighted by Crippen LogP contribution is 2.35. The minimum atomic E-state index is -0.713. The molecule has 28 heavy (non-hydrogen) atoms. The van der Waals surface area contributed by atoms with Crippen LogP contribution in [-0.2, 0) is 9.47 Å². The Morgan fingerprint density at radius 3 is 1.86 bits per heavy atom. The molecule has 6 nitrogen and oxygen atoms in total. The van der Waals surface area contributed by atoms with Crippen LogP contribution in [0.25, 0.3) is 22.4 Å². The van der Waals surface area contributed by atoms with Crippen molar-refractivity contribution in [1.82, 2.24) is 10.2 Å². The predicted octanol–water partition coefficient (Wildman–Crippen LogP) is 4.16. The summed E-state index contributed by atoms with van der Waals surface area (Å²) >= 11 is 0. The number of carbonyl (C=O) groups excluding carboxylic acids is 2. The summed E-state index contributed by atoms with van der Waals surface area (Å²) in [5, 5.41) is 8.31. The predicted molar refractivity (Wildman–Crippen MR) is 105 cm³/mol. The van der Waals surface area contributed by atoms with Crippen molar-refractivity contribution < 1.29 is 19.1 Å². The van der Waals surface area contributed by atoms with Crippen LogP contribution in [0.2, 0.25) is 0 Å². The van der Waals surface area contributed by atoms with Crippen molar-refractivity contribution in [2.45, 2.75) is 13.8 Å². The highest BCUT2D eigenvalue weighted by Gasteiger charge is 2.29. The van der Waals surface area contributed by atoms with E-state index in [2.05, 4.69) is 10.2 Å². The molecule has 1 aromatic heterocycles. The topological polar surface area (TPSA) is 78.4 Å². The maximum Gasteiger partial charge on any atom is 0.359 e. The first-order chi connectivity index (χ1) is 13.7. The Bertz CT molecular complexity index is 973. The van der Waals surface area contributed by atoms with Gasteiger partial charge >= 0.3 is 11.9 Å². The molecule has 0 unspecified atom stereocenters. The van der Waals surface area contributed by atoms with Crippen LogP contribution in [0.1, 0.15) is 34.7 Å². The van der Waals surface area contributed by atoms with Gasteiger partial charge in [-0.15, -0.1) is 10.2 Å². The van der Waals surface area contributed by atoms with Crippen LogP contribution < -0.4 is 0 Å². The van der Waals surface area contributed by atoms with Gasteiger partial charge in [-0.3, -0.25) is 0 Å². The van der Waals surface area contributed by atoms with E-state index in [1.807, 2.05) is 60.7 Å². The Hall–Kier alpha value is -3.54. The van der Waals surface area contributed by atoms with Crippen LogP contribution in [0.15, 0.2) is 60.7 Å². The number of rotatable bonds is 6. The fraction of sp³-hybridized carbons (Fsp3) is 0.182. The lowest BCUT2D eigenvalue weighted by Crippen LogP contribution is -2.19. The SMILES string of the molecule is CCOC(=O)c1nnc(-c2ccccc2)c(-c2ccccc2)c1C(=O)OCC. The molecule has 0 saturated heterocycles. The first-order valence-electron chi connectivity index (χ1n) is 9.03. The van der Waals surface area contributed by atoms with E-state index in [0.29, 0.717) is 11.3 Å². The van der Waals surface area contributed by atoms with E-state index < -0.39 is 11.9 Å². The van der Waals surface area contributed by atoms with E-state index in [9.17, 15) is 9.59 Å². The number of benzene rings is 2. The molecule has 0 saturated carbocycles. The summed E-state index contributed by atoms with van der Waals surface area (Å²) < 4.78 is 10.3. The quantitative estimate of drug-likeness (QED) is 0.601. The van der Waals surface area contributed by atoms with Crippen molar-refractivity contribution in [3.63, 3.8) is 0 Å². The molecule has 0 aliphatic carbocycles. The Balaban J connectivity index is 2.35. The highest BCUT2D eigenvalue weighted by molar-refractivity contribution is 6.08. The van der Waals surface area contributed by atoms with Crippen molar-refractivity contribution in [3.05, 3.63) is 71.9 Å². The van der Waals surface area contributed by atoms with E-state index >= 15 is 0 Å². The van der Waals surface area contributed by atoms with Gasteiger partial charge in [-0.1, -0.05) is 60.7 Å². The minimum Gasteiger partial charge on any atom is -0.462 e. The molecule has 0 spiro atoms. The molecule has 1 heterocycles. The Morgan fingerprint density at radius 1 is 0.750 bits per heavy atom. The van der Waals surface area contributed by atoms with Crippen molar-refractivity contribution in [2.24, 2.45) is 0 Å². The number of aromatic nitrogens is 2. The standard InChI is InChI=1S/C22H20N2O4/c1-3-27-21(25)18-17(15-11-7-5-8-12-15)19(16-13-9-6-10-14-16)23-24-20(18)22(26)28-4-2/h5-14H,3-4H2,1-2H3. The normalized spacial score (nSPS) is 10.4. The fourth-order valence-electron chi connectivity index (χ4n) is 2.87. The second kappa shape index (κ2) is 8.90. The number of hydrogen-bond donors (Lipinski definition) is 0. The summed E-state index contributed by atoms with van der Waals surface area (Å²) in [4.78, 5) is 25.3. The van der Waals surface area contributed by atoms with E-state index in [1.54, 1.807) is 13.8 Å².